The highest BCUT2D eigenvalue weighted by molar-refractivity contribution is 9.08. The maximum atomic E-state index is 11.2. The molecule has 0 spiro atoms. The topological polar surface area (TPSA) is 46.4 Å². The largest absolute Gasteiger partial charge is 0.366 e. The number of halogens is 1. The van der Waals surface area contributed by atoms with E-state index in [4.69, 9.17) is 0 Å². The normalized spacial score (nSPS) is 10.7. The Balaban J connectivity index is 3.18. The second kappa shape index (κ2) is 6.73. The molecule has 0 atom stereocenters. The molecule has 0 saturated heterocycles. The van der Waals surface area contributed by atoms with Crippen molar-refractivity contribution in [1.29, 1.82) is 0 Å². The summed E-state index contributed by atoms with van der Waals surface area (Å²) in [5, 5.41) is 11.8. The number of hydrogen-bond acceptors (Lipinski definition) is 3. The van der Waals surface area contributed by atoms with Gasteiger partial charge in [-0.05, 0) is 24.5 Å². The summed E-state index contributed by atoms with van der Waals surface area (Å²) < 4.78 is 0. The maximum Gasteiger partial charge on any atom is 0.292 e. The maximum absolute atomic E-state index is 11.2. The van der Waals surface area contributed by atoms with Crippen molar-refractivity contribution in [3.8, 4) is 0 Å². The van der Waals surface area contributed by atoms with Crippen LogP contribution in [-0.2, 0) is 5.33 Å². The first-order chi connectivity index (χ1) is 8.54. The summed E-state index contributed by atoms with van der Waals surface area (Å²) in [6.45, 7) is 4.20. The van der Waals surface area contributed by atoms with Crippen molar-refractivity contribution in [3.05, 3.63) is 33.9 Å². The average molecular weight is 315 g/mol. The van der Waals surface area contributed by atoms with Crippen molar-refractivity contribution < 1.29 is 4.92 Å². The Hall–Kier alpha value is -1.10. The van der Waals surface area contributed by atoms with Gasteiger partial charge in [0.25, 0.3) is 5.69 Å². The van der Waals surface area contributed by atoms with E-state index < -0.39 is 0 Å². The molecule has 100 valence electrons. The number of hydrogen-bond donors (Lipinski definition) is 0. The van der Waals surface area contributed by atoms with Gasteiger partial charge in [0.1, 0.15) is 5.69 Å². The molecule has 0 N–H and O–H groups in total. The second-order valence-electron chi connectivity index (χ2n) is 4.30. The summed E-state index contributed by atoms with van der Waals surface area (Å²) >= 11 is 3.32. The minimum Gasteiger partial charge on any atom is -0.366 e. The van der Waals surface area contributed by atoms with Gasteiger partial charge in [0.15, 0.2) is 0 Å². The lowest BCUT2D eigenvalue weighted by molar-refractivity contribution is -0.384. The molecule has 0 aliphatic carbocycles. The fourth-order valence-corrected chi connectivity index (χ4v) is 2.48. The first kappa shape index (κ1) is 15.0. The number of rotatable bonds is 6. The minimum atomic E-state index is -0.305. The van der Waals surface area contributed by atoms with E-state index in [1.807, 2.05) is 24.1 Å². The van der Waals surface area contributed by atoms with Gasteiger partial charge in [0.05, 0.1) is 4.92 Å². The number of alkyl halides is 1. The van der Waals surface area contributed by atoms with Crippen LogP contribution in [0.3, 0.4) is 0 Å². The van der Waals surface area contributed by atoms with Gasteiger partial charge in [-0.1, -0.05) is 35.8 Å². The van der Waals surface area contributed by atoms with Crippen LogP contribution in [0.15, 0.2) is 18.2 Å². The summed E-state index contributed by atoms with van der Waals surface area (Å²) in [5.74, 6) is 0. The van der Waals surface area contributed by atoms with Crippen LogP contribution in [0.4, 0.5) is 11.4 Å². The molecule has 0 fully saturated rings. The average Bonchev–Trinajstić information content (AvgIpc) is 2.39. The molecule has 0 aliphatic heterocycles. The van der Waals surface area contributed by atoms with Crippen LogP contribution in [-0.4, -0.2) is 18.0 Å². The van der Waals surface area contributed by atoms with E-state index in [1.165, 1.54) is 0 Å². The van der Waals surface area contributed by atoms with Crippen LogP contribution in [0.5, 0.6) is 0 Å². The first-order valence-corrected chi connectivity index (χ1v) is 7.23. The molecule has 0 heterocycles. The highest BCUT2D eigenvalue weighted by Gasteiger charge is 2.21. The molecular weight excluding hydrogens is 296 g/mol. The number of nitrogens with zero attached hydrogens (tertiary/aromatic N) is 2. The van der Waals surface area contributed by atoms with Gasteiger partial charge in [-0.2, -0.15) is 0 Å². The lowest BCUT2D eigenvalue weighted by atomic mass is 10.1. The molecule has 0 unspecified atom stereocenters. The molecular formula is C13H19BrN2O2. The highest BCUT2D eigenvalue weighted by atomic mass is 79.9. The van der Waals surface area contributed by atoms with E-state index in [-0.39, 0.29) is 10.6 Å². The molecule has 0 amide bonds. The summed E-state index contributed by atoms with van der Waals surface area (Å²) in [4.78, 5) is 12.9. The molecule has 0 saturated carbocycles. The van der Waals surface area contributed by atoms with Gasteiger partial charge >= 0.3 is 0 Å². The fourth-order valence-electron chi connectivity index (χ4n) is 2.13. The van der Waals surface area contributed by atoms with Crippen molar-refractivity contribution in [3.63, 3.8) is 0 Å². The summed E-state index contributed by atoms with van der Waals surface area (Å²) in [6.07, 6.45) is 1.95. The van der Waals surface area contributed by atoms with Gasteiger partial charge in [0, 0.05) is 24.5 Å². The Morgan fingerprint density at radius 2 is 2.00 bits per heavy atom. The first-order valence-electron chi connectivity index (χ1n) is 6.11. The van der Waals surface area contributed by atoms with Crippen molar-refractivity contribution in [2.75, 3.05) is 11.9 Å². The number of nitro benzene ring substituents is 1. The van der Waals surface area contributed by atoms with Crippen LogP contribution in [0.25, 0.3) is 0 Å². The molecule has 1 aromatic carbocycles. The zero-order valence-corrected chi connectivity index (χ0v) is 12.6. The fraction of sp³-hybridized carbons (Fsp3) is 0.538. The number of nitro groups is 1. The van der Waals surface area contributed by atoms with E-state index in [0.717, 1.165) is 18.4 Å². The molecule has 4 nitrogen and oxygen atoms in total. The summed E-state index contributed by atoms with van der Waals surface area (Å²) in [5.41, 5.74) is 1.79. The standard InChI is InChI=1S/C13H19BrN2O2/c1-4-11(5-2)15(3)12-7-6-10(9-14)8-13(12)16(17)18/h6-8,11H,4-5,9H2,1-3H3. The van der Waals surface area contributed by atoms with Crippen molar-refractivity contribution in [2.24, 2.45) is 0 Å². The Morgan fingerprint density at radius 1 is 1.39 bits per heavy atom. The van der Waals surface area contributed by atoms with Crippen LogP contribution < -0.4 is 4.90 Å². The van der Waals surface area contributed by atoms with Crippen molar-refractivity contribution in [1.82, 2.24) is 0 Å². The van der Waals surface area contributed by atoms with E-state index in [0.29, 0.717) is 17.1 Å². The zero-order chi connectivity index (χ0) is 13.7. The SMILES string of the molecule is CCC(CC)N(C)c1ccc(CBr)cc1[N+](=O)[O-]. The molecule has 0 radical (unpaired) electrons. The molecule has 1 aromatic rings. The molecule has 0 aliphatic rings. The van der Waals surface area contributed by atoms with Crippen LogP contribution >= 0.6 is 15.9 Å². The van der Waals surface area contributed by atoms with E-state index in [9.17, 15) is 10.1 Å². The molecule has 1 rings (SSSR count). The van der Waals surface area contributed by atoms with Crippen molar-refractivity contribution >= 4 is 27.3 Å². The van der Waals surface area contributed by atoms with E-state index in [1.54, 1.807) is 6.07 Å². The lowest BCUT2D eigenvalue weighted by Gasteiger charge is -2.28. The quantitative estimate of drug-likeness (QED) is 0.451. The second-order valence-corrected chi connectivity index (χ2v) is 4.86. The van der Waals surface area contributed by atoms with Gasteiger partial charge in [-0.25, -0.2) is 0 Å². The lowest BCUT2D eigenvalue weighted by Crippen LogP contribution is -2.30. The number of benzene rings is 1. The Labute approximate surface area is 116 Å². The van der Waals surface area contributed by atoms with Gasteiger partial charge in [-0.3, -0.25) is 10.1 Å². The van der Waals surface area contributed by atoms with E-state index in [2.05, 4.69) is 29.8 Å². The Kier molecular flexibility index (Phi) is 5.59. The molecule has 5 heteroatoms. The summed E-state index contributed by atoms with van der Waals surface area (Å²) in [6, 6.07) is 5.74. The minimum absolute atomic E-state index is 0.182. The van der Waals surface area contributed by atoms with Crippen LogP contribution in [0, 0.1) is 10.1 Å². The third-order valence-corrected chi connectivity index (χ3v) is 3.91. The third-order valence-electron chi connectivity index (χ3n) is 3.26. The van der Waals surface area contributed by atoms with Gasteiger partial charge < -0.3 is 4.90 Å². The molecule has 0 bridgehead atoms. The van der Waals surface area contributed by atoms with Gasteiger partial charge in [0.2, 0.25) is 0 Å². The number of anilines is 1. The van der Waals surface area contributed by atoms with Crippen molar-refractivity contribution in [2.45, 2.75) is 38.1 Å². The molecule has 18 heavy (non-hydrogen) atoms. The monoisotopic (exact) mass is 314 g/mol. The van der Waals surface area contributed by atoms with E-state index >= 15 is 0 Å². The van der Waals surface area contributed by atoms with Crippen LogP contribution in [0.2, 0.25) is 0 Å². The third kappa shape index (κ3) is 3.22. The predicted octanol–water partition coefficient (Wildman–Crippen LogP) is 4.11. The molecule has 0 aromatic heterocycles. The van der Waals surface area contributed by atoms with Gasteiger partial charge in [-0.15, -0.1) is 0 Å². The van der Waals surface area contributed by atoms with Crippen LogP contribution in [0.1, 0.15) is 32.3 Å². The zero-order valence-electron chi connectivity index (χ0n) is 11.0. The summed E-state index contributed by atoms with van der Waals surface area (Å²) in [7, 11) is 1.92. The highest BCUT2D eigenvalue weighted by Crippen LogP contribution is 2.31. The smallest absolute Gasteiger partial charge is 0.292 e. The Morgan fingerprint density at radius 3 is 2.44 bits per heavy atom. The predicted molar refractivity (Wildman–Crippen MR) is 78.5 cm³/mol. The Bertz CT molecular complexity index is 419.